The number of alkyl halides is 3. The number of benzene rings is 2. The zero-order valence-electron chi connectivity index (χ0n) is 11.5. The molecule has 116 valence electrons. The third-order valence-corrected chi connectivity index (χ3v) is 3.38. The summed E-state index contributed by atoms with van der Waals surface area (Å²) in [6.45, 7) is 1.09. The fourth-order valence-corrected chi connectivity index (χ4v) is 2.21. The first-order valence-corrected chi connectivity index (χ1v) is 6.41. The number of hydrogen-bond acceptors (Lipinski definition) is 1. The third kappa shape index (κ3) is 2.95. The van der Waals surface area contributed by atoms with Gasteiger partial charge in [-0.3, -0.25) is 4.79 Å². The molecule has 0 bridgehead atoms. The minimum Gasteiger partial charge on any atom is -0.481 e. The van der Waals surface area contributed by atoms with E-state index in [0.717, 1.165) is 13.0 Å². The van der Waals surface area contributed by atoms with E-state index in [-0.39, 0.29) is 5.56 Å². The molecule has 0 saturated heterocycles. The Morgan fingerprint density at radius 1 is 1.09 bits per heavy atom. The largest absolute Gasteiger partial charge is 0.481 e. The maximum absolute atomic E-state index is 14.4. The van der Waals surface area contributed by atoms with Gasteiger partial charge in [0.25, 0.3) is 0 Å². The highest BCUT2D eigenvalue weighted by Gasteiger charge is 2.40. The fraction of sp³-hybridized carbons (Fsp3) is 0.188. The predicted molar refractivity (Wildman–Crippen MR) is 72.9 cm³/mol. The Morgan fingerprint density at radius 2 is 1.68 bits per heavy atom. The van der Waals surface area contributed by atoms with Crippen LogP contribution < -0.4 is 0 Å². The summed E-state index contributed by atoms with van der Waals surface area (Å²) in [6.07, 6.45) is -4.98. The van der Waals surface area contributed by atoms with E-state index < -0.39 is 35.0 Å². The average molecular weight is 312 g/mol. The van der Waals surface area contributed by atoms with Crippen molar-refractivity contribution in [2.45, 2.75) is 19.0 Å². The Labute approximate surface area is 124 Å². The van der Waals surface area contributed by atoms with Gasteiger partial charge in [0.05, 0.1) is 11.5 Å². The molecule has 0 aromatic heterocycles. The lowest BCUT2D eigenvalue weighted by molar-refractivity contribution is -0.142. The topological polar surface area (TPSA) is 37.3 Å². The highest BCUT2D eigenvalue weighted by molar-refractivity contribution is 5.77. The first kappa shape index (κ1) is 16.0. The molecule has 1 N–H and O–H groups in total. The van der Waals surface area contributed by atoms with Crippen LogP contribution >= 0.6 is 0 Å². The van der Waals surface area contributed by atoms with Crippen molar-refractivity contribution in [2.75, 3.05) is 0 Å². The monoisotopic (exact) mass is 312 g/mol. The molecular weight excluding hydrogens is 300 g/mol. The van der Waals surface area contributed by atoms with Crippen LogP contribution in [-0.4, -0.2) is 11.1 Å². The molecule has 0 spiro atoms. The molecule has 0 radical (unpaired) electrons. The maximum Gasteiger partial charge on any atom is 0.419 e. The normalized spacial score (nSPS) is 13.0. The van der Waals surface area contributed by atoms with E-state index >= 15 is 0 Å². The van der Waals surface area contributed by atoms with E-state index in [4.69, 9.17) is 5.11 Å². The van der Waals surface area contributed by atoms with Crippen LogP contribution in [0.4, 0.5) is 17.6 Å². The molecule has 2 rings (SSSR count). The second kappa shape index (κ2) is 5.79. The van der Waals surface area contributed by atoms with Gasteiger partial charge in [0, 0.05) is 5.56 Å². The van der Waals surface area contributed by atoms with Crippen LogP contribution in [0.1, 0.15) is 24.0 Å². The van der Waals surface area contributed by atoms with Crippen LogP contribution in [0.25, 0.3) is 11.1 Å². The molecule has 2 nitrogen and oxygen atoms in total. The van der Waals surface area contributed by atoms with E-state index in [1.54, 1.807) is 18.2 Å². The van der Waals surface area contributed by atoms with Crippen molar-refractivity contribution in [1.82, 2.24) is 0 Å². The molecule has 0 heterocycles. The molecule has 0 saturated carbocycles. The highest BCUT2D eigenvalue weighted by Crippen LogP contribution is 2.40. The molecule has 0 aliphatic carbocycles. The Kier molecular flexibility index (Phi) is 4.21. The van der Waals surface area contributed by atoms with Crippen molar-refractivity contribution in [3.8, 4) is 11.1 Å². The number of aliphatic carboxylic acids is 1. The van der Waals surface area contributed by atoms with Gasteiger partial charge in [-0.25, -0.2) is 4.39 Å². The summed E-state index contributed by atoms with van der Waals surface area (Å²) in [5.74, 6) is -4.36. The molecule has 1 atom stereocenters. The lowest BCUT2D eigenvalue weighted by Crippen LogP contribution is -2.18. The Bertz CT molecular complexity index is 693. The van der Waals surface area contributed by atoms with Crippen LogP contribution in [0.15, 0.2) is 42.5 Å². The Balaban J connectivity index is 2.71. The zero-order chi connectivity index (χ0) is 16.5. The molecule has 0 fully saturated rings. The van der Waals surface area contributed by atoms with E-state index in [2.05, 4.69) is 0 Å². The minimum atomic E-state index is -4.98. The smallest absolute Gasteiger partial charge is 0.419 e. The summed E-state index contributed by atoms with van der Waals surface area (Å²) in [5, 5.41) is 8.91. The summed E-state index contributed by atoms with van der Waals surface area (Å²) >= 11 is 0. The maximum atomic E-state index is 14.4. The summed E-state index contributed by atoms with van der Waals surface area (Å²) < 4.78 is 54.0. The van der Waals surface area contributed by atoms with Gasteiger partial charge in [0.15, 0.2) is 0 Å². The zero-order valence-corrected chi connectivity index (χ0v) is 11.5. The summed E-state index contributed by atoms with van der Waals surface area (Å²) in [5.41, 5.74) is -2.03. The molecule has 0 aliphatic rings. The lowest BCUT2D eigenvalue weighted by atomic mass is 9.91. The Morgan fingerprint density at radius 3 is 2.18 bits per heavy atom. The average Bonchev–Trinajstić information content (AvgIpc) is 2.45. The molecule has 2 aromatic rings. The van der Waals surface area contributed by atoms with Crippen LogP contribution in [-0.2, 0) is 11.0 Å². The van der Waals surface area contributed by atoms with E-state index in [0.29, 0.717) is 5.56 Å². The van der Waals surface area contributed by atoms with Gasteiger partial charge in [-0.1, -0.05) is 42.5 Å². The van der Waals surface area contributed by atoms with E-state index in [9.17, 15) is 22.4 Å². The quantitative estimate of drug-likeness (QED) is 0.834. The van der Waals surface area contributed by atoms with Crippen LogP contribution in [0.2, 0.25) is 0 Å². The highest BCUT2D eigenvalue weighted by atomic mass is 19.4. The lowest BCUT2D eigenvalue weighted by Gasteiger charge is -2.18. The van der Waals surface area contributed by atoms with E-state index in [1.165, 1.54) is 18.2 Å². The standard InChI is InChI=1S/C16H12F4O2/c1-9(15(21)22)11-7-8-12(10-5-3-2-4-6-10)14(17)13(11)16(18,19)20/h2-9H,1H3,(H,21,22). The van der Waals surface area contributed by atoms with Crippen LogP contribution in [0.3, 0.4) is 0 Å². The number of halogens is 4. The number of rotatable bonds is 3. The molecule has 22 heavy (non-hydrogen) atoms. The number of hydrogen-bond donors (Lipinski definition) is 1. The molecule has 0 amide bonds. The third-order valence-electron chi connectivity index (χ3n) is 3.38. The number of carboxylic acids is 1. The number of carbonyl (C=O) groups is 1. The second-order valence-corrected chi connectivity index (χ2v) is 4.82. The van der Waals surface area contributed by atoms with Crippen molar-refractivity contribution >= 4 is 5.97 Å². The minimum absolute atomic E-state index is 0.214. The predicted octanol–water partition coefficient (Wildman–Crippen LogP) is 4.70. The van der Waals surface area contributed by atoms with Gasteiger partial charge in [0.2, 0.25) is 0 Å². The molecular formula is C16H12F4O2. The van der Waals surface area contributed by atoms with Crippen LogP contribution in [0.5, 0.6) is 0 Å². The van der Waals surface area contributed by atoms with Gasteiger partial charge >= 0.3 is 12.1 Å². The van der Waals surface area contributed by atoms with Crippen molar-refractivity contribution in [2.24, 2.45) is 0 Å². The van der Waals surface area contributed by atoms with Gasteiger partial charge < -0.3 is 5.11 Å². The first-order chi connectivity index (χ1) is 10.2. The molecule has 2 aromatic carbocycles. The summed E-state index contributed by atoms with van der Waals surface area (Å²) in [7, 11) is 0. The summed E-state index contributed by atoms with van der Waals surface area (Å²) in [4.78, 5) is 11.0. The van der Waals surface area contributed by atoms with Crippen molar-refractivity contribution in [1.29, 1.82) is 0 Å². The molecule has 1 unspecified atom stereocenters. The van der Waals surface area contributed by atoms with E-state index in [1.807, 2.05) is 0 Å². The Hall–Kier alpha value is -2.37. The van der Waals surface area contributed by atoms with Crippen molar-refractivity contribution < 1.29 is 27.5 Å². The first-order valence-electron chi connectivity index (χ1n) is 6.41. The van der Waals surface area contributed by atoms with Crippen molar-refractivity contribution in [3.05, 3.63) is 59.4 Å². The van der Waals surface area contributed by atoms with Gasteiger partial charge in [0.1, 0.15) is 5.82 Å². The molecule has 0 aliphatic heterocycles. The SMILES string of the molecule is CC(C(=O)O)c1ccc(-c2ccccc2)c(F)c1C(F)(F)F. The molecule has 6 heteroatoms. The van der Waals surface area contributed by atoms with Gasteiger partial charge in [-0.15, -0.1) is 0 Å². The second-order valence-electron chi connectivity index (χ2n) is 4.82. The van der Waals surface area contributed by atoms with Gasteiger partial charge in [-0.05, 0) is 18.1 Å². The fourth-order valence-electron chi connectivity index (χ4n) is 2.21. The van der Waals surface area contributed by atoms with Gasteiger partial charge in [-0.2, -0.15) is 13.2 Å². The summed E-state index contributed by atoms with van der Waals surface area (Å²) in [6, 6.07) is 9.98. The van der Waals surface area contributed by atoms with Crippen molar-refractivity contribution in [3.63, 3.8) is 0 Å². The van der Waals surface area contributed by atoms with Crippen LogP contribution in [0, 0.1) is 5.82 Å². The number of carboxylic acid groups (broad SMARTS) is 1.